The molecule has 0 aliphatic carbocycles. The molecule has 1 aliphatic heterocycles. The summed E-state index contributed by atoms with van der Waals surface area (Å²) < 4.78 is 0. The second kappa shape index (κ2) is 7.47. The Hall–Kier alpha value is -2.69. The predicted octanol–water partition coefficient (Wildman–Crippen LogP) is 3.69. The lowest BCUT2D eigenvalue weighted by molar-refractivity contribution is 0.0787. The molecule has 5 nitrogen and oxygen atoms in total. The Labute approximate surface area is 148 Å². The number of anilines is 1. The maximum atomic E-state index is 12.6. The van der Waals surface area contributed by atoms with Crippen LogP contribution in [0.3, 0.4) is 0 Å². The van der Waals surface area contributed by atoms with Gasteiger partial charge in [0.05, 0.1) is 0 Å². The van der Waals surface area contributed by atoms with Crippen LogP contribution < -0.4 is 5.32 Å². The Morgan fingerprint density at radius 1 is 1.12 bits per heavy atom. The third kappa shape index (κ3) is 3.87. The van der Waals surface area contributed by atoms with Crippen LogP contribution in [-0.2, 0) is 0 Å². The highest BCUT2D eigenvalue weighted by molar-refractivity contribution is 6.06. The van der Waals surface area contributed by atoms with Crippen LogP contribution >= 0.6 is 0 Å². The maximum absolute atomic E-state index is 12.6. The number of pyridine rings is 1. The first-order valence-corrected chi connectivity index (χ1v) is 8.72. The SMILES string of the molecule is CC(C)c1ccccc1NC(=O)c1ccnc(C(=O)N2CCCC2)c1. The lowest BCUT2D eigenvalue weighted by Gasteiger charge is -2.15. The number of carbonyl (C=O) groups excluding carboxylic acids is 2. The van der Waals surface area contributed by atoms with Gasteiger partial charge in [0.15, 0.2) is 0 Å². The number of aromatic nitrogens is 1. The largest absolute Gasteiger partial charge is 0.337 e. The van der Waals surface area contributed by atoms with E-state index in [1.165, 1.54) is 6.20 Å². The van der Waals surface area contributed by atoms with E-state index >= 15 is 0 Å². The summed E-state index contributed by atoms with van der Waals surface area (Å²) in [5.74, 6) is -0.0260. The van der Waals surface area contributed by atoms with Gasteiger partial charge in [-0.3, -0.25) is 14.6 Å². The summed E-state index contributed by atoms with van der Waals surface area (Å²) in [4.78, 5) is 31.0. The summed E-state index contributed by atoms with van der Waals surface area (Å²) in [5, 5.41) is 2.95. The molecule has 0 bridgehead atoms. The van der Waals surface area contributed by atoms with Crippen molar-refractivity contribution in [2.45, 2.75) is 32.6 Å². The Morgan fingerprint density at radius 3 is 2.56 bits per heavy atom. The molecule has 1 aromatic carbocycles. The van der Waals surface area contributed by atoms with E-state index < -0.39 is 0 Å². The number of benzene rings is 1. The van der Waals surface area contributed by atoms with Gasteiger partial charge < -0.3 is 10.2 Å². The van der Waals surface area contributed by atoms with Crippen molar-refractivity contribution in [2.24, 2.45) is 0 Å². The summed E-state index contributed by atoms with van der Waals surface area (Å²) in [6, 6.07) is 11.0. The zero-order chi connectivity index (χ0) is 17.8. The van der Waals surface area contributed by atoms with E-state index in [0.717, 1.165) is 37.2 Å². The normalized spacial score (nSPS) is 14.0. The van der Waals surface area contributed by atoms with Crippen LogP contribution in [0.15, 0.2) is 42.6 Å². The first kappa shape index (κ1) is 17.1. The molecule has 0 spiro atoms. The fourth-order valence-electron chi connectivity index (χ4n) is 3.08. The molecule has 2 aromatic rings. The Morgan fingerprint density at radius 2 is 1.84 bits per heavy atom. The summed E-state index contributed by atoms with van der Waals surface area (Å²) in [6.45, 7) is 5.70. The molecule has 25 heavy (non-hydrogen) atoms. The highest BCUT2D eigenvalue weighted by Crippen LogP contribution is 2.24. The number of carbonyl (C=O) groups is 2. The van der Waals surface area contributed by atoms with Crippen molar-refractivity contribution >= 4 is 17.5 Å². The number of hydrogen-bond donors (Lipinski definition) is 1. The predicted molar refractivity (Wildman–Crippen MR) is 97.9 cm³/mol. The number of para-hydroxylation sites is 1. The zero-order valence-corrected chi connectivity index (χ0v) is 14.7. The van der Waals surface area contributed by atoms with Gasteiger partial charge >= 0.3 is 0 Å². The maximum Gasteiger partial charge on any atom is 0.272 e. The molecule has 0 saturated carbocycles. The van der Waals surface area contributed by atoms with Gasteiger partial charge in [0.2, 0.25) is 0 Å². The third-order valence-electron chi connectivity index (χ3n) is 4.47. The minimum Gasteiger partial charge on any atom is -0.337 e. The molecule has 130 valence electrons. The zero-order valence-electron chi connectivity index (χ0n) is 14.7. The molecule has 1 N–H and O–H groups in total. The van der Waals surface area contributed by atoms with Crippen molar-refractivity contribution < 1.29 is 9.59 Å². The average Bonchev–Trinajstić information content (AvgIpc) is 3.16. The molecular weight excluding hydrogens is 314 g/mol. The smallest absolute Gasteiger partial charge is 0.272 e. The van der Waals surface area contributed by atoms with Crippen molar-refractivity contribution in [2.75, 3.05) is 18.4 Å². The Balaban J connectivity index is 1.79. The Kier molecular flexibility index (Phi) is 5.12. The number of amides is 2. The van der Waals surface area contributed by atoms with E-state index in [1.807, 2.05) is 24.3 Å². The van der Waals surface area contributed by atoms with Crippen LogP contribution in [0.5, 0.6) is 0 Å². The minimum atomic E-state index is -0.231. The highest BCUT2D eigenvalue weighted by atomic mass is 16.2. The molecule has 0 radical (unpaired) electrons. The number of likely N-dealkylation sites (tertiary alicyclic amines) is 1. The number of nitrogens with one attached hydrogen (secondary N) is 1. The standard InChI is InChI=1S/C20H23N3O2/c1-14(2)16-7-3-4-8-17(16)22-19(24)15-9-10-21-18(13-15)20(25)23-11-5-6-12-23/h3-4,7-10,13-14H,5-6,11-12H2,1-2H3,(H,22,24). The lowest BCUT2D eigenvalue weighted by Crippen LogP contribution is -2.28. The van der Waals surface area contributed by atoms with Crippen LogP contribution in [0, 0.1) is 0 Å². The van der Waals surface area contributed by atoms with Crippen molar-refractivity contribution in [1.29, 1.82) is 0 Å². The van der Waals surface area contributed by atoms with E-state index in [2.05, 4.69) is 24.1 Å². The quantitative estimate of drug-likeness (QED) is 0.925. The topological polar surface area (TPSA) is 62.3 Å². The molecular formula is C20H23N3O2. The molecule has 1 fully saturated rings. The second-order valence-corrected chi connectivity index (χ2v) is 6.63. The van der Waals surface area contributed by atoms with Crippen molar-refractivity contribution in [3.8, 4) is 0 Å². The molecule has 1 saturated heterocycles. The van der Waals surface area contributed by atoms with Crippen LogP contribution in [0.2, 0.25) is 0 Å². The fraction of sp³-hybridized carbons (Fsp3) is 0.350. The third-order valence-corrected chi connectivity index (χ3v) is 4.47. The van der Waals surface area contributed by atoms with Gasteiger partial charge in [-0.15, -0.1) is 0 Å². The molecule has 0 atom stereocenters. The van der Waals surface area contributed by atoms with Crippen molar-refractivity contribution in [3.05, 3.63) is 59.4 Å². The van der Waals surface area contributed by atoms with E-state index in [1.54, 1.807) is 17.0 Å². The number of nitrogens with zero attached hydrogens (tertiary/aromatic N) is 2. The molecule has 2 heterocycles. The summed E-state index contributed by atoms with van der Waals surface area (Å²) in [6.07, 6.45) is 3.57. The summed E-state index contributed by atoms with van der Waals surface area (Å²) in [7, 11) is 0. The van der Waals surface area contributed by atoms with Gasteiger partial charge in [0.25, 0.3) is 11.8 Å². The van der Waals surface area contributed by atoms with Gasteiger partial charge in [-0.05, 0) is 42.5 Å². The van der Waals surface area contributed by atoms with Crippen molar-refractivity contribution in [1.82, 2.24) is 9.88 Å². The van der Waals surface area contributed by atoms with Crippen LogP contribution in [0.25, 0.3) is 0 Å². The van der Waals surface area contributed by atoms with Crippen LogP contribution in [0.4, 0.5) is 5.69 Å². The molecule has 3 rings (SSSR count). The molecule has 2 amide bonds. The molecule has 5 heteroatoms. The summed E-state index contributed by atoms with van der Waals surface area (Å²) in [5.41, 5.74) is 2.65. The van der Waals surface area contributed by atoms with Crippen LogP contribution in [0.1, 0.15) is 59.0 Å². The van der Waals surface area contributed by atoms with E-state index in [-0.39, 0.29) is 11.8 Å². The van der Waals surface area contributed by atoms with Gasteiger partial charge in [0.1, 0.15) is 5.69 Å². The van der Waals surface area contributed by atoms with E-state index in [0.29, 0.717) is 17.2 Å². The fourth-order valence-corrected chi connectivity index (χ4v) is 3.08. The van der Waals surface area contributed by atoms with Crippen molar-refractivity contribution in [3.63, 3.8) is 0 Å². The van der Waals surface area contributed by atoms with Gasteiger partial charge in [-0.25, -0.2) is 0 Å². The van der Waals surface area contributed by atoms with Crippen LogP contribution in [-0.4, -0.2) is 34.8 Å². The lowest BCUT2D eigenvalue weighted by atomic mass is 10.0. The van der Waals surface area contributed by atoms with Gasteiger partial charge in [-0.2, -0.15) is 0 Å². The average molecular weight is 337 g/mol. The monoisotopic (exact) mass is 337 g/mol. The minimum absolute atomic E-state index is 0.102. The summed E-state index contributed by atoms with van der Waals surface area (Å²) >= 11 is 0. The Bertz CT molecular complexity index is 780. The number of hydrogen-bond acceptors (Lipinski definition) is 3. The van der Waals surface area contributed by atoms with Gasteiger partial charge in [-0.1, -0.05) is 32.0 Å². The highest BCUT2D eigenvalue weighted by Gasteiger charge is 2.21. The molecule has 0 unspecified atom stereocenters. The van der Waals surface area contributed by atoms with E-state index in [9.17, 15) is 9.59 Å². The number of rotatable bonds is 4. The molecule has 1 aliphatic rings. The molecule has 1 aromatic heterocycles. The van der Waals surface area contributed by atoms with E-state index in [4.69, 9.17) is 0 Å². The first-order valence-electron chi connectivity index (χ1n) is 8.72. The first-order chi connectivity index (χ1) is 12.1. The van der Waals surface area contributed by atoms with Gasteiger partial charge in [0, 0.05) is 30.5 Å². The second-order valence-electron chi connectivity index (χ2n) is 6.63.